The van der Waals surface area contributed by atoms with E-state index in [1.807, 2.05) is 29.0 Å². The molecular weight excluding hydrogens is 346 g/mol. The highest BCUT2D eigenvalue weighted by Gasteiger charge is 2.34. The van der Waals surface area contributed by atoms with E-state index in [2.05, 4.69) is 18.0 Å². The molecule has 3 aromatic rings. The van der Waals surface area contributed by atoms with E-state index in [1.54, 1.807) is 30.5 Å². The highest BCUT2D eigenvalue weighted by atomic mass is 32.2. The van der Waals surface area contributed by atoms with Gasteiger partial charge in [-0.1, -0.05) is 42.1 Å². The predicted molar refractivity (Wildman–Crippen MR) is 101 cm³/mol. The molecule has 6 heteroatoms. The van der Waals surface area contributed by atoms with Crippen molar-refractivity contribution in [1.29, 1.82) is 0 Å². The zero-order chi connectivity index (χ0) is 18.1. The number of carbonyl (C=O) groups is 2. The molecule has 0 spiro atoms. The molecule has 0 atom stereocenters. The second kappa shape index (κ2) is 6.80. The molecule has 0 saturated carbocycles. The van der Waals surface area contributed by atoms with Crippen molar-refractivity contribution < 1.29 is 9.59 Å². The Balaban J connectivity index is 1.46. The molecule has 0 unspecified atom stereocenters. The maximum Gasteiger partial charge on any atom is 0.261 e. The van der Waals surface area contributed by atoms with Crippen molar-refractivity contribution in [2.45, 2.75) is 12.1 Å². The summed E-state index contributed by atoms with van der Waals surface area (Å²) in [4.78, 5) is 30.5. The maximum atomic E-state index is 12.4. The first-order valence-corrected chi connectivity index (χ1v) is 9.33. The Kier molecular flexibility index (Phi) is 4.34. The summed E-state index contributed by atoms with van der Waals surface area (Å²) >= 11 is 1.53. The Morgan fingerprint density at radius 2 is 1.62 bits per heavy atom. The van der Waals surface area contributed by atoms with Crippen LogP contribution in [0.4, 0.5) is 0 Å². The molecule has 1 aliphatic heterocycles. The normalized spacial score (nSPS) is 13.3. The van der Waals surface area contributed by atoms with Crippen LogP contribution >= 0.6 is 11.8 Å². The lowest BCUT2D eigenvalue weighted by atomic mass is 10.1. The molecule has 1 aliphatic rings. The molecule has 0 bridgehead atoms. The number of hydrogen-bond donors (Lipinski definition) is 0. The summed E-state index contributed by atoms with van der Waals surface area (Å²) in [6.45, 7) is 2.42. The summed E-state index contributed by atoms with van der Waals surface area (Å²) < 4.78 is 2.03. The first-order chi connectivity index (χ1) is 12.7. The summed E-state index contributed by atoms with van der Waals surface area (Å²) in [6, 6.07) is 15.1. The number of rotatable bonds is 5. The molecule has 0 N–H and O–H groups in total. The Labute approximate surface area is 155 Å². The molecule has 0 radical (unpaired) electrons. The van der Waals surface area contributed by atoms with Crippen LogP contribution in [0.25, 0.3) is 5.69 Å². The van der Waals surface area contributed by atoms with Crippen molar-refractivity contribution in [2.24, 2.45) is 0 Å². The molecule has 26 heavy (non-hydrogen) atoms. The second-order valence-electron chi connectivity index (χ2n) is 6.02. The smallest absolute Gasteiger partial charge is 0.261 e. The summed E-state index contributed by atoms with van der Waals surface area (Å²) in [5.41, 5.74) is 3.22. The van der Waals surface area contributed by atoms with Crippen LogP contribution in [0, 0.1) is 6.92 Å². The summed E-state index contributed by atoms with van der Waals surface area (Å²) in [7, 11) is 0. The van der Waals surface area contributed by atoms with Gasteiger partial charge in [0.2, 0.25) is 0 Å². The number of amides is 2. The van der Waals surface area contributed by atoms with Crippen LogP contribution in [0.15, 0.2) is 66.1 Å². The van der Waals surface area contributed by atoms with E-state index >= 15 is 0 Å². The van der Waals surface area contributed by atoms with Crippen molar-refractivity contribution in [2.75, 3.05) is 12.3 Å². The summed E-state index contributed by atoms with van der Waals surface area (Å²) in [5, 5.41) is 0.843. The standard InChI is InChI=1S/C20H17N3O2S/c1-14-6-2-5-9-17(14)22-11-10-21-20(22)26-13-12-23-18(24)15-7-3-4-8-16(15)19(23)25/h2-11H,12-13H2,1H3. The van der Waals surface area contributed by atoms with Gasteiger partial charge in [-0.05, 0) is 30.7 Å². The minimum absolute atomic E-state index is 0.214. The number of aryl methyl sites for hydroxylation is 1. The summed E-state index contributed by atoms with van der Waals surface area (Å²) in [6.07, 6.45) is 3.68. The van der Waals surface area contributed by atoms with Crippen molar-refractivity contribution >= 4 is 23.6 Å². The number of thioether (sulfide) groups is 1. The van der Waals surface area contributed by atoms with Crippen LogP contribution in [0.5, 0.6) is 0 Å². The lowest BCUT2D eigenvalue weighted by Gasteiger charge is -2.14. The predicted octanol–water partition coefficient (Wildman–Crippen LogP) is 3.57. The van der Waals surface area contributed by atoms with E-state index in [4.69, 9.17) is 0 Å². The molecule has 130 valence electrons. The number of para-hydroxylation sites is 1. The highest BCUT2D eigenvalue weighted by Crippen LogP contribution is 2.25. The van der Waals surface area contributed by atoms with Gasteiger partial charge < -0.3 is 0 Å². The van der Waals surface area contributed by atoms with Gasteiger partial charge in [0.15, 0.2) is 5.16 Å². The van der Waals surface area contributed by atoms with Gasteiger partial charge in [0, 0.05) is 24.7 Å². The zero-order valence-corrected chi connectivity index (χ0v) is 15.1. The number of imidazole rings is 1. The van der Waals surface area contributed by atoms with Gasteiger partial charge >= 0.3 is 0 Å². The molecule has 0 saturated heterocycles. The first kappa shape index (κ1) is 16.6. The van der Waals surface area contributed by atoms with Crippen molar-refractivity contribution in [1.82, 2.24) is 14.5 Å². The van der Waals surface area contributed by atoms with Gasteiger partial charge in [0.05, 0.1) is 16.8 Å². The lowest BCUT2D eigenvalue weighted by Crippen LogP contribution is -2.31. The molecule has 2 amide bonds. The quantitative estimate of drug-likeness (QED) is 0.514. The van der Waals surface area contributed by atoms with E-state index in [1.165, 1.54) is 16.7 Å². The molecule has 0 aliphatic carbocycles. The third-order valence-electron chi connectivity index (χ3n) is 4.41. The topological polar surface area (TPSA) is 55.2 Å². The van der Waals surface area contributed by atoms with Crippen molar-refractivity contribution in [3.05, 3.63) is 77.6 Å². The van der Waals surface area contributed by atoms with E-state index in [9.17, 15) is 9.59 Å². The third-order valence-corrected chi connectivity index (χ3v) is 5.35. The van der Waals surface area contributed by atoms with Crippen LogP contribution in [-0.4, -0.2) is 38.6 Å². The molecule has 2 aromatic carbocycles. The van der Waals surface area contributed by atoms with Crippen LogP contribution < -0.4 is 0 Å². The number of hydrogen-bond acceptors (Lipinski definition) is 4. The van der Waals surface area contributed by atoms with Crippen LogP contribution in [0.2, 0.25) is 0 Å². The van der Waals surface area contributed by atoms with E-state index < -0.39 is 0 Å². The number of benzene rings is 2. The van der Waals surface area contributed by atoms with Gasteiger partial charge in [-0.3, -0.25) is 19.1 Å². The Bertz CT molecular complexity index is 961. The minimum atomic E-state index is -0.214. The SMILES string of the molecule is Cc1ccccc1-n1ccnc1SCCN1C(=O)c2ccccc2C1=O. The lowest BCUT2D eigenvalue weighted by molar-refractivity contribution is 0.0664. The van der Waals surface area contributed by atoms with Crippen LogP contribution in [0.3, 0.4) is 0 Å². The number of carbonyl (C=O) groups excluding carboxylic acids is 2. The average Bonchev–Trinajstić information content (AvgIpc) is 3.21. The van der Waals surface area contributed by atoms with Gasteiger partial charge in [0.1, 0.15) is 0 Å². The first-order valence-electron chi connectivity index (χ1n) is 8.34. The van der Waals surface area contributed by atoms with Crippen LogP contribution in [0.1, 0.15) is 26.3 Å². The van der Waals surface area contributed by atoms with E-state index in [0.29, 0.717) is 23.4 Å². The van der Waals surface area contributed by atoms with Gasteiger partial charge in [-0.15, -0.1) is 0 Å². The zero-order valence-electron chi connectivity index (χ0n) is 14.3. The van der Waals surface area contributed by atoms with E-state index in [-0.39, 0.29) is 11.8 Å². The number of fused-ring (bicyclic) bond motifs is 1. The molecule has 0 fully saturated rings. The maximum absolute atomic E-state index is 12.4. The molecular formula is C20H17N3O2S. The fourth-order valence-electron chi connectivity index (χ4n) is 3.08. The van der Waals surface area contributed by atoms with Crippen molar-refractivity contribution in [3.8, 4) is 5.69 Å². The fraction of sp³-hybridized carbons (Fsp3) is 0.150. The van der Waals surface area contributed by atoms with Crippen molar-refractivity contribution in [3.63, 3.8) is 0 Å². The molecule has 5 nitrogen and oxygen atoms in total. The highest BCUT2D eigenvalue weighted by molar-refractivity contribution is 7.99. The number of imide groups is 1. The molecule has 1 aromatic heterocycles. The third kappa shape index (κ3) is 2.82. The average molecular weight is 363 g/mol. The van der Waals surface area contributed by atoms with Gasteiger partial charge in [-0.25, -0.2) is 4.98 Å². The number of aromatic nitrogens is 2. The Morgan fingerprint density at radius 1 is 0.962 bits per heavy atom. The Morgan fingerprint density at radius 3 is 2.31 bits per heavy atom. The molecule has 4 rings (SSSR count). The second-order valence-corrected chi connectivity index (χ2v) is 7.08. The van der Waals surface area contributed by atoms with Gasteiger partial charge in [0.25, 0.3) is 11.8 Å². The number of nitrogens with zero attached hydrogens (tertiary/aromatic N) is 3. The summed E-state index contributed by atoms with van der Waals surface area (Å²) in [5.74, 6) is 0.163. The van der Waals surface area contributed by atoms with E-state index in [0.717, 1.165) is 16.4 Å². The minimum Gasteiger partial charge on any atom is -0.295 e. The monoisotopic (exact) mass is 363 g/mol. The van der Waals surface area contributed by atoms with Crippen LogP contribution in [-0.2, 0) is 0 Å². The molecule has 2 heterocycles. The largest absolute Gasteiger partial charge is 0.295 e. The van der Waals surface area contributed by atoms with Gasteiger partial charge in [-0.2, -0.15) is 0 Å². The Hall–Kier alpha value is -2.86. The fourth-order valence-corrected chi connectivity index (χ4v) is 3.97.